The summed E-state index contributed by atoms with van der Waals surface area (Å²) in [7, 11) is 1.40. The van der Waals surface area contributed by atoms with Crippen molar-refractivity contribution in [1.29, 1.82) is 0 Å². The van der Waals surface area contributed by atoms with Gasteiger partial charge in [-0.25, -0.2) is 4.98 Å². The summed E-state index contributed by atoms with van der Waals surface area (Å²) in [6.07, 6.45) is -2.95. The fourth-order valence-corrected chi connectivity index (χ4v) is 2.44. The van der Waals surface area contributed by atoms with Gasteiger partial charge in [-0.15, -0.1) is 0 Å². The number of halogens is 3. The lowest BCUT2D eigenvalue weighted by atomic mass is 9.97. The first-order valence-electron chi connectivity index (χ1n) is 7.17. The minimum Gasteiger partial charge on any atom is -0.424 e. The van der Waals surface area contributed by atoms with Crippen molar-refractivity contribution >= 4 is 17.1 Å². The molecule has 128 valence electrons. The van der Waals surface area contributed by atoms with Gasteiger partial charge in [0.15, 0.2) is 5.58 Å². The van der Waals surface area contributed by atoms with Crippen molar-refractivity contribution in [3.63, 3.8) is 0 Å². The van der Waals surface area contributed by atoms with Gasteiger partial charge in [-0.05, 0) is 12.1 Å². The largest absolute Gasteiger partial charge is 0.424 e. The number of hydrogen-bond donors (Lipinski definition) is 2. The molecule has 0 aliphatic heterocycles. The number of rotatable bonds is 5. The third-order valence-corrected chi connectivity index (χ3v) is 3.72. The van der Waals surface area contributed by atoms with Crippen LogP contribution in [0.3, 0.4) is 0 Å². The number of aryl methyl sites for hydroxylation is 1. The van der Waals surface area contributed by atoms with Gasteiger partial charge >= 0.3 is 6.18 Å². The summed E-state index contributed by atoms with van der Waals surface area (Å²) in [5.74, 6) is -0.464. The van der Waals surface area contributed by atoms with Gasteiger partial charge in [0.25, 0.3) is 6.01 Å². The minimum absolute atomic E-state index is 0.0977. The van der Waals surface area contributed by atoms with Crippen LogP contribution in [-0.2, 0) is 12.6 Å². The molecule has 0 aliphatic rings. The number of benzene rings is 1. The molecule has 0 spiro atoms. The first-order chi connectivity index (χ1) is 11.3. The number of anilines is 1. The van der Waals surface area contributed by atoms with E-state index < -0.39 is 24.0 Å². The van der Waals surface area contributed by atoms with E-state index in [0.29, 0.717) is 11.1 Å². The number of para-hydroxylation sites is 2. The highest BCUT2D eigenvalue weighted by atomic mass is 19.4. The van der Waals surface area contributed by atoms with E-state index >= 15 is 0 Å². The van der Waals surface area contributed by atoms with Gasteiger partial charge in [-0.1, -0.05) is 12.1 Å². The Bertz CT molecular complexity index is 809. The van der Waals surface area contributed by atoms with Gasteiger partial charge in [-0.3, -0.25) is 0 Å². The zero-order valence-electron chi connectivity index (χ0n) is 12.7. The number of fused-ring (bicyclic) bond motifs is 1. The molecule has 0 radical (unpaired) electrons. The number of hydrogen-bond acceptors (Lipinski definition) is 5. The summed E-state index contributed by atoms with van der Waals surface area (Å²) < 4.78 is 46.6. The molecule has 0 amide bonds. The quantitative estimate of drug-likeness (QED) is 0.747. The van der Waals surface area contributed by atoms with Crippen LogP contribution >= 0.6 is 0 Å². The van der Waals surface area contributed by atoms with Gasteiger partial charge in [0.1, 0.15) is 11.3 Å². The smallest absolute Gasteiger partial charge is 0.424 e. The Morgan fingerprint density at radius 2 is 2.04 bits per heavy atom. The standard InChI is InChI=1S/C15H15F3N4O2/c1-22-9-8-19-12(22)14(23,15(16,17)18)6-7-20-13-21-10-4-2-3-5-11(10)24-13/h2-5,8-9,23H,6-7H2,1H3,(H,20,21)/t14-/m1/s1. The molecule has 1 atom stereocenters. The number of aromatic nitrogens is 3. The Morgan fingerprint density at radius 1 is 1.29 bits per heavy atom. The van der Waals surface area contributed by atoms with Crippen molar-refractivity contribution < 1.29 is 22.7 Å². The maximum absolute atomic E-state index is 13.4. The summed E-state index contributed by atoms with van der Waals surface area (Å²) in [4.78, 5) is 7.75. The van der Waals surface area contributed by atoms with Crippen molar-refractivity contribution in [1.82, 2.24) is 14.5 Å². The number of oxazole rings is 1. The summed E-state index contributed by atoms with van der Waals surface area (Å²) >= 11 is 0. The Labute approximate surface area is 134 Å². The predicted octanol–water partition coefficient (Wildman–Crippen LogP) is 2.81. The van der Waals surface area contributed by atoms with Gasteiger partial charge < -0.3 is 19.4 Å². The normalized spacial score (nSPS) is 14.7. The molecular formula is C15H15F3N4O2. The van der Waals surface area contributed by atoms with E-state index in [2.05, 4.69) is 15.3 Å². The highest BCUT2D eigenvalue weighted by molar-refractivity contribution is 5.74. The van der Waals surface area contributed by atoms with E-state index in [9.17, 15) is 18.3 Å². The first kappa shape index (κ1) is 16.3. The lowest BCUT2D eigenvalue weighted by Crippen LogP contribution is -2.45. The molecule has 0 aliphatic carbocycles. The second-order valence-electron chi connectivity index (χ2n) is 5.38. The van der Waals surface area contributed by atoms with Crippen LogP contribution in [0.2, 0.25) is 0 Å². The van der Waals surface area contributed by atoms with E-state index in [1.807, 2.05) is 0 Å². The van der Waals surface area contributed by atoms with Gasteiger partial charge in [0.05, 0.1) is 0 Å². The van der Waals surface area contributed by atoms with Crippen molar-refractivity contribution in [2.45, 2.75) is 18.2 Å². The molecule has 1 aromatic carbocycles. The molecule has 0 saturated carbocycles. The summed E-state index contributed by atoms with van der Waals surface area (Å²) in [6.45, 7) is -0.199. The number of nitrogens with zero attached hydrogens (tertiary/aromatic N) is 3. The molecule has 0 unspecified atom stereocenters. The van der Waals surface area contributed by atoms with E-state index in [0.717, 1.165) is 4.57 Å². The molecule has 3 aromatic rings. The highest BCUT2D eigenvalue weighted by Crippen LogP contribution is 2.40. The van der Waals surface area contributed by atoms with E-state index in [-0.39, 0.29) is 12.6 Å². The van der Waals surface area contributed by atoms with Crippen LogP contribution in [0.4, 0.5) is 19.2 Å². The molecule has 0 bridgehead atoms. The summed E-state index contributed by atoms with van der Waals surface area (Å²) in [6, 6.07) is 7.07. The van der Waals surface area contributed by atoms with Crippen LogP contribution in [0.25, 0.3) is 11.1 Å². The van der Waals surface area contributed by atoms with Crippen LogP contribution < -0.4 is 5.32 Å². The molecule has 2 N–H and O–H groups in total. The Morgan fingerprint density at radius 3 is 2.67 bits per heavy atom. The van der Waals surface area contributed by atoms with Crippen LogP contribution in [0.15, 0.2) is 41.1 Å². The van der Waals surface area contributed by atoms with Crippen molar-refractivity contribution in [3.05, 3.63) is 42.5 Å². The zero-order chi connectivity index (χ0) is 17.4. The molecule has 9 heteroatoms. The molecule has 3 rings (SSSR count). The molecule has 0 saturated heterocycles. The minimum atomic E-state index is -4.87. The Hall–Kier alpha value is -2.55. The SMILES string of the molecule is Cn1ccnc1[C@](O)(CCNc1nc2ccccc2o1)C(F)(F)F. The van der Waals surface area contributed by atoms with E-state index in [4.69, 9.17) is 4.42 Å². The lowest BCUT2D eigenvalue weighted by molar-refractivity contribution is -0.271. The predicted molar refractivity (Wildman–Crippen MR) is 80.3 cm³/mol. The number of aliphatic hydroxyl groups is 1. The topological polar surface area (TPSA) is 76.1 Å². The average molecular weight is 340 g/mol. The van der Waals surface area contributed by atoms with Crippen molar-refractivity contribution in [2.75, 3.05) is 11.9 Å². The molecule has 2 heterocycles. The summed E-state index contributed by atoms with van der Waals surface area (Å²) in [5, 5.41) is 12.9. The van der Waals surface area contributed by atoms with Crippen LogP contribution in [0.5, 0.6) is 0 Å². The van der Waals surface area contributed by atoms with Crippen LogP contribution in [0.1, 0.15) is 12.2 Å². The monoisotopic (exact) mass is 340 g/mol. The Balaban J connectivity index is 1.76. The van der Waals surface area contributed by atoms with Crippen molar-refractivity contribution in [3.8, 4) is 0 Å². The van der Waals surface area contributed by atoms with Crippen LogP contribution in [0, 0.1) is 0 Å². The maximum atomic E-state index is 13.4. The first-order valence-corrected chi connectivity index (χ1v) is 7.17. The number of nitrogens with one attached hydrogen (secondary N) is 1. The van der Waals surface area contributed by atoms with Gasteiger partial charge in [0.2, 0.25) is 5.60 Å². The highest BCUT2D eigenvalue weighted by Gasteiger charge is 2.57. The Kier molecular flexibility index (Phi) is 3.96. The van der Waals surface area contributed by atoms with Gasteiger partial charge in [0, 0.05) is 32.4 Å². The number of imidazole rings is 1. The summed E-state index contributed by atoms with van der Waals surface area (Å²) in [5.41, 5.74) is -1.95. The third kappa shape index (κ3) is 2.82. The van der Waals surface area contributed by atoms with E-state index in [1.54, 1.807) is 24.3 Å². The zero-order valence-corrected chi connectivity index (χ0v) is 12.7. The lowest BCUT2D eigenvalue weighted by Gasteiger charge is -2.29. The number of alkyl halides is 3. The second-order valence-corrected chi connectivity index (χ2v) is 5.38. The fourth-order valence-electron chi connectivity index (χ4n) is 2.44. The molecule has 0 fully saturated rings. The van der Waals surface area contributed by atoms with Crippen molar-refractivity contribution in [2.24, 2.45) is 7.05 Å². The molecule has 24 heavy (non-hydrogen) atoms. The molecule has 2 aromatic heterocycles. The van der Waals surface area contributed by atoms with Gasteiger partial charge in [-0.2, -0.15) is 18.2 Å². The van der Waals surface area contributed by atoms with E-state index in [1.165, 1.54) is 19.4 Å². The molecule has 6 nitrogen and oxygen atoms in total. The van der Waals surface area contributed by atoms with Crippen LogP contribution in [-0.4, -0.2) is 32.4 Å². The average Bonchev–Trinajstić information content (AvgIpc) is 3.11. The second kappa shape index (κ2) is 5.82. The fraction of sp³-hybridized carbons (Fsp3) is 0.333. The third-order valence-electron chi connectivity index (χ3n) is 3.72. The maximum Gasteiger partial charge on any atom is 0.424 e. The molecular weight excluding hydrogens is 325 g/mol.